The maximum absolute atomic E-state index is 11.6. The fraction of sp³-hybridized carbons (Fsp3) is 0.727. The Balaban J connectivity index is 2.57. The lowest BCUT2D eigenvalue weighted by atomic mass is 10.3. The van der Waals surface area contributed by atoms with E-state index >= 15 is 0 Å². The van der Waals surface area contributed by atoms with E-state index in [0.717, 1.165) is 17.8 Å². The third-order valence-electron chi connectivity index (χ3n) is 2.66. The number of hydrogen-bond donors (Lipinski definition) is 1. The number of nitrogens with zero attached hydrogens (tertiary/aromatic N) is 2. The van der Waals surface area contributed by atoms with Crippen molar-refractivity contribution in [3.8, 4) is 0 Å². The first-order valence-corrected chi connectivity index (χ1v) is 7.56. The SMILES string of the molecule is CCc1nn(C)cc1NCCS(=O)(=O)C(C)C. The van der Waals surface area contributed by atoms with Gasteiger partial charge in [-0.25, -0.2) is 8.42 Å². The van der Waals surface area contributed by atoms with Gasteiger partial charge in [-0.15, -0.1) is 0 Å². The van der Waals surface area contributed by atoms with Gasteiger partial charge in [0.15, 0.2) is 9.84 Å². The predicted octanol–water partition coefficient (Wildman–Crippen LogP) is 1.22. The van der Waals surface area contributed by atoms with Crippen molar-refractivity contribution in [2.45, 2.75) is 32.4 Å². The lowest BCUT2D eigenvalue weighted by Crippen LogP contribution is -2.23. The zero-order chi connectivity index (χ0) is 13.1. The molecule has 1 rings (SSSR count). The molecule has 0 aliphatic rings. The third kappa shape index (κ3) is 3.73. The molecule has 0 aromatic carbocycles. The Kier molecular flexibility index (Phi) is 4.56. The van der Waals surface area contributed by atoms with Crippen LogP contribution in [0.25, 0.3) is 0 Å². The molecule has 0 atom stereocenters. The quantitative estimate of drug-likeness (QED) is 0.834. The average Bonchev–Trinajstić information content (AvgIpc) is 2.58. The van der Waals surface area contributed by atoms with Crippen LogP contribution in [-0.2, 0) is 23.3 Å². The van der Waals surface area contributed by atoms with E-state index < -0.39 is 9.84 Å². The molecule has 0 bridgehead atoms. The summed E-state index contributed by atoms with van der Waals surface area (Å²) in [5, 5.41) is 7.10. The Morgan fingerprint density at radius 3 is 2.65 bits per heavy atom. The van der Waals surface area contributed by atoms with E-state index in [1.165, 1.54) is 0 Å². The van der Waals surface area contributed by atoms with E-state index in [9.17, 15) is 8.42 Å². The van der Waals surface area contributed by atoms with Gasteiger partial charge < -0.3 is 5.32 Å². The summed E-state index contributed by atoms with van der Waals surface area (Å²) in [7, 11) is -1.11. The van der Waals surface area contributed by atoms with Gasteiger partial charge in [-0.05, 0) is 20.3 Å². The van der Waals surface area contributed by atoms with Crippen LogP contribution in [0.3, 0.4) is 0 Å². The van der Waals surface area contributed by atoms with Crippen LogP contribution in [0.1, 0.15) is 26.5 Å². The maximum atomic E-state index is 11.6. The zero-order valence-corrected chi connectivity index (χ0v) is 11.7. The maximum Gasteiger partial charge on any atom is 0.154 e. The highest BCUT2D eigenvalue weighted by Crippen LogP contribution is 2.13. The van der Waals surface area contributed by atoms with Crippen LogP contribution in [0.15, 0.2) is 6.20 Å². The Morgan fingerprint density at radius 2 is 2.12 bits per heavy atom. The van der Waals surface area contributed by atoms with E-state index in [4.69, 9.17) is 0 Å². The summed E-state index contributed by atoms with van der Waals surface area (Å²) in [6, 6.07) is 0. The lowest BCUT2D eigenvalue weighted by molar-refractivity contribution is 0.588. The summed E-state index contributed by atoms with van der Waals surface area (Å²) >= 11 is 0. The van der Waals surface area contributed by atoms with Crippen molar-refractivity contribution >= 4 is 15.5 Å². The highest BCUT2D eigenvalue weighted by atomic mass is 32.2. The summed E-state index contributed by atoms with van der Waals surface area (Å²) in [6.45, 7) is 5.87. The van der Waals surface area contributed by atoms with Crippen molar-refractivity contribution in [2.24, 2.45) is 7.05 Å². The van der Waals surface area contributed by atoms with E-state index in [1.54, 1.807) is 18.5 Å². The van der Waals surface area contributed by atoms with Crippen molar-refractivity contribution in [2.75, 3.05) is 17.6 Å². The molecule has 0 fully saturated rings. The van der Waals surface area contributed by atoms with Crippen LogP contribution in [-0.4, -0.2) is 35.7 Å². The molecule has 6 heteroatoms. The minimum Gasteiger partial charge on any atom is -0.381 e. The van der Waals surface area contributed by atoms with Gasteiger partial charge in [-0.1, -0.05) is 6.92 Å². The van der Waals surface area contributed by atoms with Crippen LogP contribution in [0.4, 0.5) is 5.69 Å². The van der Waals surface area contributed by atoms with Gasteiger partial charge in [0, 0.05) is 19.8 Å². The molecule has 0 aliphatic carbocycles. The molecule has 0 unspecified atom stereocenters. The highest BCUT2D eigenvalue weighted by Gasteiger charge is 2.15. The Bertz CT molecular complexity index is 463. The highest BCUT2D eigenvalue weighted by molar-refractivity contribution is 7.92. The van der Waals surface area contributed by atoms with Gasteiger partial charge in [0.1, 0.15) is 0 Å². The minimum atomic E-state index is -2.97. The van der Waals surface area contributed by atoms with Crippen LogP contribution in [0, 0.1) is 0 Å². The van der Waals surface area contributed by atoms with E-state index in [0.29, 0.717) is 6.54 Å². The molecule has 1 aromatic rings. The summed E-state index contributed by atoms with van der Waals surface area (Å²) < 4.78 is 25.0. The van der Waals surface area contributed by atoms with Crippen LogP contribution in [0.5, 0.6) is 0 Å². The molecule has 1 heterocycles. The molecule has 17 heavy (non-hydrogen) atoms. The third-order valence-corrected chi connectivity index (χ3v) is 4.87. The van der Waals surface area contributed by atoms with Crippen molar-refractivity contribution in [3.05, 3.63) is 11.9 Å². The van der Waals surface area contributed by atoms with Crippen LogP contribution < -0.4 is 5.32 Å². The molecular weight excluding hydrogens is 238 g/mol. The number of rotatable bonds is 6. The smallest absolute Gasteiger partial charge is 0.154 e. The predicted molar refractivity (Wildman–Crippen MR) is 70.0 cm³/mol. The molecule has 0 saturated heterocycles. The first-order chi connectivity index (χ1) is 7.86. The largest absolute Gasteiger partial charge is 0.381 e. The fourth-order valence-corrected chi connectivity index (χ4v) is 2.36. The number of sulfone groups is 1. The van der Waals surface area contributed by atoms with Gasteiger partial charge in [0.25, 0.3) is 0 Å². The number of hydrogen-bond acceptors (Lipinski definition) is 4. The standard InChI is InChI=1S/C11H21N3O2S/c1-5-10-11(8-14(4)13-10)12-6-7-17(15,16)9(2)3/h8-9,12H,5-7H2,1-4H3. The van der Waals surface area contributed by atoms with Gasteiger partial charge in [-0.3, -0.25) is 4.68 Å². The van der Waals surface area contributed by atoms with E-state index in [2.05, 4.69) is 10.4 Å². The molecule has 0 saturated carbocycles. The second kappa shape index (κ2) is 5.53. The second-order valence-electron chi connectivity index (χ2n) is 4.36. The second-order valence-corrected chi connectivity index (χ2v) is 7.04. The van der Waals surface area contributed by atoms with Gasteiger partial charge in [-0.2, -0.15) is 5.10 Å². The first kappa shape index (κ1) is 14.0. The Hall–Kier alpha value is -1.04. The lowest BCUT2D eigenvalue weighted by Gasteiger charge is -2.09. The number of anilines is 1. The van der Waals surface area contributed by atoms with Crippen molar-refractivity contribution in [3.63, 3.8) is 0 Å². The number of aromatic nitrogens is 2. The van der Waals surface area contributed by atoms with Crippen molar-refractivity contribution in [1.29, 1.82) is 0 Å². The molecule has 98 valence electrons. The average molecular weight is 259 g/mol. The van der Waals surface area contributed by atoms with E-state index in [-0.39, 0.29) is 11.0 Å². The van der Waals surface area contributed by atoms with E-state index in [1.807, 2.05) is 20.2 Å². The van der Waals surface area contributed by atoms with Crippen LogP contribution >= 0.6 is 0 Å². The summed E-state index contributed by atoms with van der Waals surface area (Å²) in [4.78, 5) is 0. The Labute approximate surface area is 103 Å². The molecule has 0 radical (unpaired) electrons. The van der Waals surface area contributed by atoms with Crippen LogP contribution in [0.2, 0.25) is 0 Å². The monoisotopic (exact) mass is 259 g/mol. The van der Waals surface area contributed by atoms with Gasteiger partial charge in [0.2, 0.25) is 0 Å². The number of nitrogens with one attached hydrogen (secondary N) is 1. The van der Waals surface area contributed by atoms with Gasteiger partial charge in [0.05, 0.1) is 22.4 Å². The minimum absolute atomic E-state index is 0.155. The van der Waals surface area contributed by atoms with Crippen molar-refractivity contribution < 1.29 is 8.42 Å². The summed E-state index contributed by atoms with van der Waals surface area (Å²) in [5.41, 5.74) is 1.89. The molecule has 0 spiro atoms. The van der Waals surface area contributed by atoms with Crippen molar-refractivity contribution in [1.82, 2.24) is 9.78 Å². The number of aryl methyl sites for hydroxylation is 2. The fourth-order valence-electron chi connectivity index (χ4n) is 1.51. The van der Waals surface area contributed by atoms with Gasteiger partial charge >= 0.3 is 0 Å². The normalized spacial score (nSPS) is 12.1. The molecule has 1 N–H and O–H groups in total. The summed E-state index contributed by atoms with van der Waals surface area (Å²) in [6.07, 6.45) is 2.71. The molecule has 0 amide bonds. The first-order valence-electron chi connectivity index (χ1n) is 5.84. The molecular formula is C11H21N3O2S. The molecule has 5 nitrogen and oxygen atoms in total. The topological polar surface area (TPSA) is 64.0 Å². The Morgan fingerprint density at radius 1 is 1.47 bits per heavy atom. The molecule has 1 aromatic heterocycles. The molecule has 0 aliphatic heterocycles. The zero-order valence-electron chi connectivity index (χ0n) is 10.9. The summed E-state index contributed by atoms with van der Waals surface area (Å²) in [5.74, 6) is 0.155.